The molecule has 1 heterocycles. The first kappa shape index (κ1) is 13.9. The number of likely N-dealkylation sites (tertiary alicyclic amines) is 1. The van der Waals surface area contributed by atoms with E-state index >= 15 is 0 Å². The molecular formula is C15H18ClNO2. The summed E-state index contributed by atoms with van der Waals surface area (Å²) in [5.74, 6) is -0.256. The third-order valence-electron chi connectivity index (χ3n) is 3.27. The van der Waals surface area contributed by atoms with Gasteiger partial charge in [0.05, 0.1) is 12.2 Å². The molecule has 3 nitrogen and oxygen atoms in total. The Hall–Kier alpha value is -1.48. The van der Waals surface area contributed by atoms with Crippen LogP contribution in [0.2, 0.25) is 5.02 Å². The molecule has 1 aliphatic heterocycles. The molecule has 0 aliphatic carbocycles. The first-order valence-electron chi connectivity index (χ1n) is 6.50. The van der Waals surface area contributed by atoms with E-state index in [1.165, 1.54) is 0 Å². The largest absolute Gasteiger partial charge is 0.462 e. The van der Waals surface area contributed by atoms with Gasteiger partial charge in [-0.25, -0.2) is 4.79 Å². The molecule has 0 atom stereocenters. The molecule has 0 N–H and O–H groups in total. The van der Waals surface area contributed by atoms with Crippen LogP contribution in [-0.2, 0) is 9.53 Å². The van der Waals surface area contributed by atoms with Crippen molar-refractivity contribution in [1.82, 2.24) is 4.90 Å². The van der Waals surface area contributed by atoms with Crippen molar-refractivity contribution in [3.05, 3.63) is 40.5 Å². The number of carbonyl (C=O) groups excluding carboxylic acids is 1. The molecule has 0 radical (unpaired) electrons. The van der Waals surface area contributed by atoms with Crippen molar-refractivity contribution in [3.8, 4) is 0 Å². The number of benzene rings is 1. The Morgan fingerprint density at radius 3 is 2.58 bits per heavy atom. The van der Waals surface area contributed by atoms with Gasteiger partial charge in [-0.3, -0.25) is 0 Å². The average molecular weight is 280 g/mol. The Morgan fingerprint density at radius 2 is 2.05 bits per heavy atom. The molecule has 0 amide bonds. The van der Waals surface area contributed by atoms with Gasteiger partial charge >= 0.3 is 5.97 Å². The number of hydrogen-bond donors (Lipinski definition) is 0. The Morgan fingerprint density at radius 1 is 1.37 bits per heavy atom. The standard InChI is InChI=1S/C15H18ClNO2/c1-3-19-15(18)14(13-5-4-10-17(13)2)11-6-8-12(16)9-7-11/h6-9H,3-5,10H2,1-2H3. The van der Waals surface area contributed by atoms with Crippen molar-refractivity contribution in [3.63, 3.8) is 0 Å². The quantitative estimate of drug-likeness (QED) is 0.628. The number of hydrogen-bond acceptors (Lipinski definition) is 3. The smallest absolute Gasteiger partial charge is 0.340 e. The molecule has 1 aliphatic rings. The molecule has 1 saturated heterocycles. The second-order valence-corrected chi connectivity index (χ2v) is 5.01. The predicted octanol–water partition coefficient (Wildman–Crippen LogP) is 3.34. The maximum absolute atomic E-state index is 12.2. The molecule has 19 heavy (non-hydrogen) atoms. The van der Waals surface area contributed by atoms with Crippen LogP contribution in [0, 0.1) is 0 Å². The van der Waals surface area contributed by atoms with Gasteiger partial charge < -0.3 is 9.64 Å². The number of esters is 1. The summed E-state index contributed by atoms with van der Waals surface area (Å²) >= 11 is 5.90. The van der Waals surface area contributed by atoms with Gasteiger partial charge in [0.1, 0.15) is 0 Å². The van der Waals surface area contributed by atoms with Crippen LogP contribution in [0.15, 0.2) is 30.0 Å². The zero-order valence-corrected chi connectivity index (χ0v) is 12.0. The zero-order valence-electron chi connectivity index (χ0n) is 11.3. The molecule has 0 bridgehead atoms. The molecule has 1 aromatic rings. The molecule has 1 aromatic carbocycles. The Balaban J connectivity index is 2.45. The van der Waals surface area contributed by atoms with Gasteiger partial charge in [-0.05, 0) is 37.5 Å². The highest BCUT2D eigenvalue weighted by Crippen LogP contribution is 2.30. The maximum atomic E-state index is 12.2. The van der Waals surface area contributed by atoms with Crippen molar-refractivity contribution in [1.29, 1.82) is 0 Å². The highest BCUT2D eigenvalue weighted by Gasteiger charge is 2.24. The zero-order chi connectivity index (χ0) is 13.8. The number of nitrogens with zero attached hydrogens (tertiary/aromatic N) is 1. The molecule has 1 fully saturated rings. The fourth-order valence-electron chi connectivity index (χ4n) is 2.35. The lowest BCUT2D eigenvalue weighted by Crippen LogP contribution is -2.17. The number of rotatable bonds is 3. The average Bonchev–Trinajstić information content (AvgIpc) is 2.79. The van der Waals surface area contributed by atoms with E-state index in [0.29, 0.717) is 17.2 Å². The number of carbonyl (C=O) groups is 1. The fourth-order valence-corrected chi connectivity index (χ4v) is 2.47. The lowest BCUT2D eigenvalue weighted by atomic mass is 10.0. The van der Waals surface area contributed by atoms with Crippen molar-refractivity contribution in [2.24, 2.45) is 0 Å². The minimum absolute atomic E-state index is 0.256. The van der Waals surface area contributed by atoms with E-state index in [2.05, 4.69) is 4.90 Å². The third-order valence-corrected chi connectivity index (χ3v) is 3.52. The van der Waals surface area contributed by atoms with E-state index in [-0.39, 0.29) is 5.97 Å². The van der Waals surface area contributed by atoms with Crippen LogP contribution in [0.5, 0.6) is 0 Å². The van der Waals surface area contributed by atoms with Crippen LogP contribution in [0.3, 0.4) is 0 Å². The van der Waals surface area contributed by atoms with Crippen LogP contribution in [0.25, 0.3) is 5.57 Å². The SMILES string of the molecule is CCOC(=O)C(=C1CCCN1C)c1ccc(Cl)cc1. The molecule has 0 spiro atoms. The summed E-state index contributed by atoms with van der Waals surface area (Å²) in [6, 6.07) is 7.33. The summed E-state index contributed by atoms with van der Waals surface area (Å²) in [5.41, 5.74) is 2.59. The second kappa shape index (κ2) is 6.11. The van der Waals surface area contributed by atoms with E-state index in [1.54, 1.807) is 12.1 Å². The van der Waals surface area contributed by atoms with Crippen molar-refractivity contribution < 1.29 is 9.53 Å². The van der Waals surface area contributed by atoms with Gasteiger partial charge in [0.15, 0.2) is 0 Å². The molecule has 0 saturated carbocycles. The first-order chi connectivity index (χ1) is 9.13. The summed E-state index contributed by atoms with van der Waals surface area (Å²) in [6.07, 6.45) is 1.98. The van der Waals surface area contributed by atoms with Crippen LogP contribution in [-0.4, -0.2) is 31.1 Å². The fraction of sp³-hybridized carbons (Fsp3) is 0.400. The van der Waals surface area contributed by atoms with Gasteiger partial charge in [0.25, 0.3) is 0 Å². The highest BCUT2D eigenvalue weighted by atomic mass is 35.5. The third kappa shape index (κ3) is 3.10. The second-order valence-electron chi connectivity index (χ2n) is 4.57. The summed E-state index contributed by atoms with van der Waals surface area (Å²) in [6.45, 7) is 3.18. The molecule has 2 rings (SSSR count). The number of allylic oxidation sites excluding steroid dienone is 1. The van der Waals surface area contributed by atoms with Crippen LogP contribution >= 0.6 is 11.6 Å². The van der Waals surface area contributed by atoms with Crippen molar-refractivity contribution in [2.75, 3.05) is 20.2 Å². The Bertz CT molecular complexity index is 493. The van der Waals surface area contributed by atoms with Gasteiger partial charge in [-0.1, -0.05) is 23.7 Å². The lowest BCUT2D eigenvalue weighted by molar-refractivity contribution is -0.136. The van der Waals surface area contributed by atoms with Crippen LogP contribution < -0.4 is 0 Å². The summed E-state index contributed by atoms with van der Waals surface area (Å²) < 4.78 is 5.19. The first-order valence-corrected chi connectivity index (χ1v) is 6.88. The van der Waals surface area contributed by atoms with Gasteiger partial charge in [0, 0.05) is 24.3 Å². The number of ether oxygens (including phenoxy) is 1. The normalized spacial score (nSPS) is 17.5. The van der Waals surface area contributed by atoms with Crippen molar-refractivity contribution >= 4 is 23.1 Å². The number of halogens is 1. The van der Waals surface area contributed by atoms with Gasteiger partial charge in [-0.2, -0.15) is 0 Å². The molecule has 102 valence electrons. The Labute approximate surface area is 118 Å². The minimum Gasteiger partial charge on any atom is -0.462 e. The summed E-state index contributed by atoms with van der Waals surface area (Å²) in [4.78, 5) is 14.3. The Kier molecular flexibility index (Phi) is 4.48. The molecular weight excluding hydrogens is 262 g/mol. The van der Waals surface area contributed by atoms with E-state index < -0.39 is 0 Å². The molecule has 0 unspecified atom stereocenters. The van der Waals surface area contributed by atoms with Crippen LogP contribution in [0.4, 0.5) is 0 Å². The predicted molar refractivity (Wildman–Crippen MR) is 76.9 cm³/mol. The minimum atomic E-state index is -0.256. The lowest BCUT2D eigenvalue weighted by Gasteiger charge is -2.18. The maximum Gasteiger partial charge on any atom is 0.340 e. The van der Waals surface area contributed by atoms with E-state index in [1.807, 2.05) is 26.1 Å². The van der Waals surface area contributed by atoms with E-state index in [9.17, 15) is 4.79 Å². The van der Waals surface area contributed by atoms with Crippen LogP contribution in [0.1, 0.15) is 25.3 Å². The van der Waals surface area contributed by atoms with E-state index in [4.69, 9.17) is 16.3 Å². The van der Waals surface area contributed by atoms with Gasteiger partial charge in [0.2, 0.25) is 0 Å². The van der Waals surface area contributed by atoms with Gasteiger partial charge in [-0.15, -0.1) is 0 Å². The molecule has 0 aromatic heterocycles. The van der Waals surface area contributed by atoms with E-state index in [0.717, 1.165) is 30.6 Å². The molecule has 4 heteroatoms. The van der Waals surface area contributed by atoms with Crippen molar-refractivity contribution in [2.45, 2.75) is 19.8 Å². The topological polar surface area (TPSA) is 29.5 Å². The summed E-state index contributed by atoms with van der Waals surface area (Å²) in [7, 11) is 2.01. The highest BCUT2D eigenvalue weighted by molar-refractivity contribution is 6.30. The monoisotopic (exact) mass is 279 g/mol. The summed E-state index contributed by atoms with van der Waals surface area (Å²) in [5, 5.41) is 0.664.